The van der Waals surface area contributed by atoms with E-state index in [-0.39, 0.29) is 11.8 Å². The number of amides is 2. The van der Waals surface area contributed by atoms with E-state index in [1.54, 1.807) is 0 Å². The van der Waals surface area contributed by atoms with E-state index in [4.69, 9.17) is 4.74 Å². The molecular formula is C29H39N3O3. The van der Waals surface area contributed by atoms with Gasteiger partial charge in [-0.2, -0.15) is 0 Å². The molecule has 0 bridgehead atoms. The molecule has 35 heavy (non-hydrogen) atoms. The first-order valence-corrected chi connectivity index (χ1v) is 13.0. The minimum absolute atomic E-state index is 0.0102. The van der Waals surface area contributed by atoms with Gasteiger partial charge in [-0.1, -0.05) is 36.8 Å². The number of carbonyl (C=O) groups is 2. The van der Waals surface area contributed by atoms with Crippen LogP contribution >= 0.6 is 0 Å². The molecule has 2 aliphatic heterocycles. The smallest absolute Gasteiger partial charge is 0.253 e. The highest BCUT2D eigenvalue weighted by Gasteiger charge is 2.35. The lowest BCUT2D eigenvalue weighted by atomic mass is 9.83. The quantitative estimate of drug-likeness (QED) is 0.535. The van der Waals surface area contributed by atoms with Crippen molar-refractivity contribution >= 4 is 11.8 Å². The fourth-order valence-corrected chi connectivity index (χ4v) is 5.02. The molecule has 0 radical (unpaired) electrons. The van der Waals surface area contributed by atoms with Gasteiger partial charge in [0, 0.05) is 38.3 Å². The first-order chi connectivity index (χ1) is 16.9. The highest BCUT2D eigenvalue weighted by atomic mass is 16.5. The summed E-state index contributed by atoms with van der Waals surface area (Å²) in [5.41, 5.74) is 1.09. The molecule has 6 heteroatoms. The highest BCUT2D eigenvalue weighted by molar-refractivity contribution is 5.94. The molecule has 2 saturated heterocycles. The van der Waals surface area contributed by atoms with Crippen molar-refractivity contribution in [3.63, 3.8) is 0 Å². The van der Waals surface area contributed by atoms with Gasteiger partial charge >= 0.3 is 0 Å². The van der Waals surface area contributed by atoms with Crippen molar-refractivity contribution in [1.82, 2.24) is 14.7 Å². The van der Waals surface area contributed by atoms with Crippen LogP contribution in [0.4, 0.5) is 0 Å². The van der Waals surface area contributed by atoms with E-state index in [0.29, 0.717) is 38.3 Å². The van der Waals surface area contributed by atoms with Gasteiger partial charge in [0.1, 0.15) is 5.75 Å². The van der Waals surface area contributed by atoms with Gasteiger partial charge < -0.3 is 19.4 Å². The number of hydrogen-bond acceptors (Lipinski definition) is 4. The van der Waals surface area contributed by atoms with Crippen LogP contribution in [0.15, 0.2) is 54.6 Å². The van der Waals surface area contributed by atoms with E-state index >= 15 is 0 Å². The summed E-state index contributed by atoms with van der Waals surface area (Å²) in [6.45, 7) is 10.4. The lowest BCUT2D eigenvalue weighted by molar-refractivity contribution is -0.137. The molecule has 0 unspecified atom stereocenters. The third kappa shape index (κ3) is 6.43. The average Bonchev–Trinajstić information content (AvgIpc) is 2.92. The fraction of sp³-hybridized carbons (Fsp3) is 0.517. The van der Waals surface area contributed by atoms with Crippen LogP contribution in [-0.4, -0.2) is 78.9 Å². The summed E-state index contributed by atoms with van der Waals surface area (Å²) in [4.78, 5) is 32.5. The molecule has 2 heterocycles. The Morgan fingerprint density at radius 2 is 1.43 bits per heavy atom. The van der Waals surface area contributed by atoms with Gasteiger partial charge in [0.2, 0.25) is 5.91 Å². The second-order valence-electron chi connectivity index (χ2n) is 10.2. The Morgan fingerprint density at radius 3 is 2.09 bits per heavy atom. The predicted molar refractivity (Wildman–Crippen MR) is 139 cm³/mol. The molecular weight excluding hydrogens is 438 g/mol. The summed E-state index contributed by atoms with van der Waals surface area (Å²) in [7, 11) is 0. The number of piperidine rings is 1. The monoisotopic (exact) mass is 477 g/mol. The molecule has 2 fully saturated rings. The number of nitrogens with zero attached hydrogens (tertiary/aromatic N) is 3. The van der Waals surface area contributed by atoms with Crippen LogP contribution in [-0.2, 0) is 10.2 Å². The van der Waals surface area contributed by atoms with Crippen molar-refractivity contribution in [2.75, 3.05) is 52.4 Å². The van der Waals surface area contributed by atoms with Gasteiger partial charge in [-0.3, -0.25) is 9.59 Å². The number of ether oxygens (including phenoxy) is 1. The highest BCUT2D eigenvalue weighted by Crippen LogP contribution is 2.26. The number of carbonyl (C=O) groups excluding carboxylic acids is 2. The van der Waals surface area contributed by atoms with Crippen molar-refractivity contribution in [3.8, 4) is 5.75 Å². The second-order valence-corrected chi connectivity index (χ2v) is 10.2. The molecule has 0 spiro atoms. The maximum atomic E-state index is 13.2. The van der Waals surface area contributed by atoms with E-state index in [0.717, 1.165) is 24.3 Å². The van der Waals surface area contributed by atoms with Gasteiger partial charge in [0.25, 0.3) is 5.91 Å². The Bertz CT molecular complexity index is 960. The Morgan fingerprint density at radius 1 is 0.800 bits per heavy atom. The molecule has 4 rings (SSSR count). The van der Waals surface area contributed by atoms with Gasteiger partial charge in [-0.25, -0.2) is 0 Å². The molecule has 0 saturated carbocycles. The predicted octanol–water partition coefficient (Wildman–Crippen LogP) is 4.20. The van der Waals surface area contributed by atoms with Crippen molar-refractivity contribution < 1.29 is 14.3 Å². The van der Waals surface area contributed by atoms with Crippen LogP contribution in [0.3, 0.4) is 0 Å². The van der Waals surface area contributed by atoms with Crippen LogP contribution in [0, 0.1) is 0 Å². The number of hydrogen-bond donors (Lipinski definition) is 0. The van der Waals surface area contributed by atoms with Crippen LogP contribution in [0.25, 0.3) is 0 Å². The number of benzene rings is 2. The summed E-state index contributed by atoms with van der Waals surface area (Å²) in [6.07, 6.45) is 5.00. The zero-order valence-corrected chi connectivity index (χ0v) is 21.2. The van der Waals surface area contributed by atoms with Gasteiger partial charge in [0.15, 0.2) is 0 Å². The molecule has 0 aromatic heterocycles. The zero-order chi connectivity index (χ0) is 24.7. The Hall–Kier alpha value is -2.86. The van der Waals surface area contributed by atoms with E-state index in [2.05, 4.69) is 4.90 Å². The topological polar surface area (TPSA) is 53.1 Å². The maximum Gasteiger partial charge on any atom is 0.253 e. The van der Waals surface area contributed by atoms with E-state index in [1.807, 2.05) is 78.2 Å². The normalized spacial score (nSPS) is 17.3. The zero-order valence-electron chi connectivity index (χ0n) is 21.2. The van der Waals surface area contributed by atoms with Gasteiger partial charge in [-0.05, 0) is 76.0 Å². The van der Waals surface area contributed by atoms with Crippen molar-refractivity contribution in [2.45, 2.75) is 44.9 Å². The summed E-state index contributed by atoms with van der Waals surface area (Å²) >= 11 is 0. The minimum atomic E-state index is -0.586. The molecule has 6 nitrogen and oxygen atoms in total. The lowest BCUT2D eigenvalue weighted by Crippen LogP contribution is -2.54. The van der Waals surface area contributed by atoms with Crippen LogP contribution in [0.2, 0.25) is 0 Å². The molecule has 0 N–H and O–H groups in total. The first-order valence-electron chi connectivity index (χ1n) is 13.0. The van der Waals surface area contributed by atoms with Crippen LogP contribution in [0.1, 0.15) is 55.5 Å². The summed E-state index contributed by atoms with van der Waals surface area (Å²) in [5.74, 6) is 0.924. The van der Waals surface area contributed by atoms with Crippen molar-refractivity contribution in [1.29, 1.82) is 0 Å². The largest absolute Gasteiger partial charge is 0.494 e. The van der Waals surface area contributed by atoms with Gasteiger partial charge in [-0.15, -0.1) is 0 Å². The van der Waals surface area contributed by atoms with E-state index < -0.39 is 5.41 Å². The Labute approximate surface area is 209 Å². The number of likely N-dealkylation sites (tertiary alicyclic amines) is 1. The SMILES string of the molecule is CC(C)(C(=O)N1CCN(C(=O)c2ccc(OCCCN3CCCCC3)cc2)CC1)c1ccccc1. The Kier molecular flexibility index (Phi) is 8.45. The standard InChI is InChI=1S/C29H39N3O3/c1-29(2,25-10-5-3-6-11-25)28(34)32-21-19-31(20-22-32)27(33)24-12-14-26(15-13-24)35-23-9-18-30-16-7-4-8-17-30/h3,5-6,10-15H,4,7-9,16-23H2,1-2H3. The maximum absolute atomic E-state index is 13.2. The molecule has 2 aromatic carbocycles. The van der Waals surface area contributed by atoms with E-state index in [9.17, 15) is 9.59 Å². The molecule has 0 atom stereocenters. The molecule has 2 amide bonds. The fourth-order valence-electron chi connectivity index (χ4n) is 5.02. The summed E-state index contributed by atoms with van der Waals surface area (Å²) in [6, 6.07) is 17.4. The number of piperazine rings is 1. The molecule has 0 aliphatic carbocycles. The lowest BCUT2D eigenvalue weighted by Gasteiger charge is -2.38. The molecule has 2 aliphatic rings. The summed E-state index contributed by atoms with van der Waals surface area (Å²) in [5, 5.41) is 0. The van der Waals surface area contributed by atoms with Crippen LogP contribution in [0.5, 0.6) is 5.75 Å². The van der Waals surface area contributed by atoms with Crippen LogP contribution < -0.4 is 4.74 Å². The minimum Gasteiger partial charge on any atom is -0.494 e. The third-order valence-corrected chi connectivity index (χ3v) is 7.32. The Balaban J connectivity index is 1.22. The first kappa shape index (κ1) is 25.2. The summed E-state index contributed by atoms with van der Waals surface area (Å²) < 4.78 is 5.89. The average molecular weight is 478 g/mol. The second kappa shape index (κ2) is 11.7. The van der Waals surface area contributed by atoms with Crippen molar-refractivity contribution in [2.24, 2.45) is 0 Å². The van der Waals surface area contributed by atoms with Crippen molar-refractivity contribution in [3.05, 3.63) is 65.7 Å². The molecule has 188 valence electrons. The van der Waals surface area contributed by atoms with E-state index in [1.165, 1.54) is 32.4 Å². The third-order valence-electron chi connectivity index (χ3n) is 7.32. The number of rotatable bonds is 8. The molecule has 2 aromatic rings. The van der Waals surface area contributed by atoms with Gasteiger partial charge in [0.05, 0.1) is 12.0 Å².